The summed E-state index contributed by atoms with van der Waals surface area (Å²) < 4.78 is 31.9. The van der Waals surface area contributed by atoms with E-state index in [1.807, 2.05) is 20.8 Å². The average Bonchev–Trinajstić information content (AvgIpc) is 2.87. The predicted molar refractivity (Wildman–Crippen MR) is 154 cm³/mol. The number of carbonyl (C=O) groups is 4. The van der Waals surface area contributed by atoms with Gasteiger partial charge < -0.3 is 39.3 Å². The Bertz CT molecular complexity index is 1040. The number of hydrogen-bond acceptors (Lipinski definition) is 11. The minimum absolute atomic E-state index is 0.0106. The van der Waals surface area contributed by atoms with Gasteiger partial charge in [-0.05, 0) is 78.0 Å². The minimum atomic E-state index is -1.42. The third kappa shape index (κ3) is 13.0. The molecular weight excluding hydrogens is 550 g/mol. The highest BCUT2D eigenvalue weighted by Gasteiger charge is 2.31. The molecule has 3 N–H and O–H groups in total. The lowest BCUT2D eigenvalue weighted by Crippen LogP contribution is -2.38. The zero-order valence-electron chi connectivity index (χ0n) is 26.0. The Labute approximate surface area is 248 Å². The highest BCUT2D eigenvalue weighted by atomic mass is 16.8. The average molecular weight is 598 g/mol. The van der Waals surface area contributed by atoms with Crippen LogP contribution < -0.4 is 15.2 Å². The normalized spacial score (nSPS) is 14.9. The van der Waals surface area contributed by atoms with Gasteiger partial charge in [-0.2, -0.15) is 0 Å². The first-order valence-electron chi connectivity index (χ1n) is 14.4. The molecule has 12 heteroatoms. The molecule has 0 aromatic heterocycles. The number of carboxylic acids is 1. The van der Waals surface area contributed by atoms with E-state index in [1.54, 1.807) is 34.6 Å². The Morgan fingerprint density at radius 1 is 0.810 bits per heavy atom. The lowest BCUT2D eigenvalue weighted by atomic mass is 9.87. The molecule has 0 aliphatic heterocycles. The van der Waals surface area contributed by atoms with Gasteiger partial charge in [0.2, 0.25) is 0 Å². The molecule has 0 aliphatic rings. The van der Waals surface area contributed by atoms with Crippen LogP contribution in [0, 0.1) is 0 Å². The van der Waals surface area contributed by atoms with Gasteiger partial charge >= 0.3 is 24.4 Å². The molecule has 1 aromatic carbocycles. The summed E-state index contributed by atoms with van der Waals surface area (Å²) >= 11 is 0. The molecule has 0 spiro atoms. The number of carbonyl (C=O) groups excluding carboxylic acids is 3. The smallest absolute Gasteiger partial charge is 0.480 e. The molecule has 0 amide bonds. The quantitative estimate of drug-likeness (QED) is 0.117. The first kappa shape index (κ1) is 36.5. The molecule has 4 unspecified atom stereocenters. The summed E-state index contributed by atoms with van der Waals surface area (Å²) in [6.45, 7) is 14.2. The van der Waals surface area contributed by atoms with Crippen LogP contribution in [0.15, 0.2) is 18.2 Å². The Kier molecular flexibility index (Phi) is 15.1. The van der Waals surface area contributed by atoms with E-state index in [1.165, 1.54) is 18.2 Å². The van der Waals surface area contributed by atoms with Crippen LogP contribution in [-0.2, 0) is 23.7 Å². The zero-order chi connectivity index (χ0) is 32.0. The Morgan fingerprint density at radius 3 is 1.79 bits per heavy atom. The van der Waals surface area contributed by atoms with Crippen molar-refractivity contribution < 1.29 is 52.7 Å². The van der Waals surface area contributed by atoms with Crippen molar-refractivity contribution in [1.29, 1.82) is 0 Å². The summed E-state index contributed by atoms with van der Waals surface area (Å²) in [5, 5.41) is 9.71. The summed E-state index contributed by atoms with van der Waals surface area (Å²) in [6, 6.07) is 2.73. The Morgan fingerprint density at radius 2 is 1.31 bits per heavy atom. The lowest BCUT2D eigenvalue weighted by molar-refractivity contribution is -0.139. The topological polar surface area (TPSA) is 170 Å². The number of nitrogens with two attached hydrogens (primary N) is 1. The molecule has 42 heavy (non-hydrogen) atoms. The van der Waals surface area contributed by atoms with E-state index in [4.69, 9.17) is 34.2 Å². The molecule has 1 aromatic rings. The van der Waals surface area contributed by atoms with Gasteiger partial charge in [0.1, 0.15) is 30.0 Å². The van der Waals surface area contributed by atoms with Crippen LogP contribution in [-0.4, -0.2) is 59.5 Å². The minimum Gasteiger partial charge on any atom is -0.480 e. The van der Waals surface area contributed by atoms with Crippen molar-refractivity contribution in [3.05, 3.63) is 23.8 Å². The van der Waals surface area contributed by atoms with E-state index >= 15 is 0 Å². The van der Waals surface area contributed by atoms with Crippen molar-refractivity contribution in [2.24, 2.45) is 5.73 Å². The largest absolute Gasteiger partial charge is 0.514 e. The van der Waals surface area contributed by atoms with Gasteiger partial charge in [-0.3, -0.25) is 4.79 Å². The molecule has 1 rings (SSSR count). The van der Waals surface area contributed by atoms with Crippen LogP contribution in [0.1, 0.15) is 105 Å². The van der Waals surface area contributed by atoms with Gasteiger partial charge in [0.15, 0.2) is 11.5 Å². The van der Waals surface area contributed by atoms with Crippen LogP contribution >= 0.6 is 0 Å². The second-order valence-electron chi connectivity index (χ2n) is 10.9. The van der Waals surface area contributed by atoms with Crippen LogP contribution in [0.3, 0.4) is 0 Å². The molecule has 12 nitrogen and oxygen atoms in total. The molecule has 0 saturated carbocycles. The summed E-state index contributed by atoms with van der Waals surface area (Å²) in [7, 11) is 0. The molecule has 0 saturated heterocycles. The van der Waals surface area contributed by atoms with Crippen molar-refractivity contribution in [2.75, 3.05) is 0 Å². The highest BCUT2D eigenvalue weighted by molar-refractivity contribution is 5.75. The predicted octanol–water partition coefficient (Wildman–Crippen LogP) is 6.71. The maximum absolute atomic E-state index is 12.6. The van der Waals surface area contributed by atoms with Gasteiger partial charge in [0.05, 0.1) is 0 Å². The monoisotopic (exact) mass is 597 g/mol. The van der Waals surface area contributed by atoms with E-state index < -0.39 is 60.3 Å². The van der Waals surface area contributed by atoms with E-state index in [9.17, 15) is 24.3 Å². The third-order valence-electron chi connectivity index (χ3n) is 6.58. The number of hydrogen-bond donors (Lipinski definition) is 2. The molecule has 0 fully saturated rings. The first-order chi connectivity index (χ1) is 19.6. The second kappa shape index (κ2) is 17.4. The summed E-state index contributed by atoms with van der Waals surface area (Å²) in [5.74, 6) is -2.56. The van der Waals surface area contributed by atoms with Gasteiger partial charge in [-0.15, -0.1) is 0 Å². The van der Waals surface area contributed by atoms with Gasteiger partial charge in [0, 0.05) is 5.92 Å². The Balaban J connectivity index is 3.34. The number of ether oxygens (including phenoxy) is 6. The van der Waals surface area contributed by atoms with Crippen LogP contribution in [0.4, 0.5) is 14.4 Å². The van der Waals surface area contributed by atoms with Crippen molar-refractivity contribution in [3.8, 4) is 11.5 Å². The molecule has 0 bridgehead atoms. The maximum Gasteiger partial charge on any atom is 0.514 e. The fourth-order valence-electron chi connectivity index (χ4n) is 3.96. The first-order valence-corrected chi connectivity index (χ1v) is 14.4. The van der Waals surface area contributed by atoms with E-state index in [0.29, 0.717) is 24.8 Å². The zero-order valence-corrected chi connectivity index (χ0v) is 26.0. The molecule has 5 atom stereocenters. The summed E-state index contributed by atoms with van der Waals surface area (Å²) in [6.07, 6.45) is -1.23. The Hall–Kier alpha value is -3.54. The van der Waals surface area contributed by atoms with Crippen molar-refractivity contribution >= 4 is 24.4 Å². The van der Waals surface area contributed by atoms with Gasteiger partial charge in [0.25, 0.3) is 0 Å². The van der Waals surface area contributed by atoms with Gasteiger partial charge in [-0.25, -0.2) is 14.4 Å². The molecule has 238 valence electrons. The van der Waals surface area contributed by atoms with Crippen molar-refractivity contribution in [3.63, 3.8) is 0 Å². The highest BCUT2D eigenvalue weighted by Crippen LogP contribution is 2.35. The molecular formula is C30H47NO11. The van der Waals surface area contributed by atoms with Crippen molar-refractivity contribution in [2.45, 2.75) is 130 Å². The number of rotatable bonds is 16. The number of aliphatic carboxylic acids is 1. The van der Waals surface area contributed by atoms with E-state index in [2.05, 4.69) is 0 Å². The summed E-state index contributed by atoms with van der Waals surface area (Å²) in [4.78, 5) is 49.2. The lowest BCUT2D eigenvalue weighted by Gasteiger charge is -2.27. The van der Waals surface area contributed by atoms with Crippen LogP contribution in [0.2, 0.25) is 0 Å². The van der Waals surface area contributed by atoms with Gasteiger partial charge in [-0.1, -0.05) is 39.7 Å². The maximum atomic E-state index is 12.6. The van der Waals surface area contributed by atoms with Crippen molar-refractivity contribution in [1.82, 2.24) is 0 Å². The molecule has 0 heterocycles. The SMILES string of the molecule is CCCC(C)OC(=O)Oc1ccc(C(CC(C)OC(=O)OC(C)(C)CC)[C@H](N)C(=O)O)cc1OC(=O)OC(C)CCC. The number of carboxylic acid groups (broad SMARTS) is 1. The summed E-state index contributed by atoms with van der Waals surface area (Å²) in [5.41, 5.74) is 5.62. The molecule has 0 radical (unpaired) electrons. The van der Waals surface area contributed by atoms with E-state index in [-0.39, 0.29) is 17.9 Å². The fraction of sp³-hybridized carbons (Fsp3) is 0.667. The van der Waals surface area contributed by atoms with Crippen LogP contribution in [0.5, 0.6) is 11.5 Å². The van der Waals surface area contributed by atoms with Crippen LogP contribution in [0.25, 0.3) is 0 Å². The van der Waals surface area contributed by atoms with E-state index in [0.717, 1.165) is 12.8 Å². The standard InChI is InChI=1S/C30H47NO11/c1-9-12-18(4)37-27(34)40-23-15-14-21(17-24(23)41-28(35)38-19(5)13-10-2)22(25(31)26(32)33)16-20(6)39-29(36)42-30(7,8)11-3/h14-15,17-20,22,25H,9-13,16,31H2,1-8H3,(H,32,33)/t18?,19?,20?,22?,25-/m0/s1. The molecule has 0 aliphatic carbocycles. The third-order valence-corrected chi connectivity index (χ3v) is 6.58. The fourth-order valence-corrected chi connectivity index (χ4v) is 3.96. The number of benzene rings is 1. The second-order valence-corrected chi connectivity index (χ2v) is 10.9.